The molecule has 0 unspecified atom stereocenters. The zero-order valence-corrected chi connectivity index (χ0v) is 16.2. The van der Waals surface area contributed by atoms with Crippen LogP contribution >= 0.6 is 24.0 Å². The molecule has 1 saturated heterocycles. The molecule has 4 nitrogen and oxygen atoms in total. The highest BCUT2D eigenvalue weighted by Gasteiger charge is 2.21. The third kappa shape index (κ3) is 5.09. The predicted molar refractivity (Wildman–Crippen MR) is 110 cm³/mol. The number of thiocarbonyl (C=S) groups is 1. The molecule has 1 amide bonds. The van der Waals surface area contributed by atoms with Crippen molar-refractivity contribution in [1.82, 2.24) is 5.32 Å². The normalized spacial score (nSPS) is 15.2. The molecule has 0 aliphatic carbocycles. The van der Waals surface area contributed by atoms with Crippen molar-refractivity contribution < 1.29 is 14.3 Å². The number of aryl methyl sites for hydroxylation is 2. The van der Waals surface area contributed by atoms with Gasteiger partial charge in [-0.05, 0) is 60.9 Å². The van der Waals surface area contributed by atoms with E-state index in [0.29, 0.717) is 22.4 Å². The number of amides is 1. The average Bonchev–Trinajstić information content (AvgIpc) is 2.88. The second-order valence-corrected chi connectivity index (χ2v) is 7.66. The summed E-state index contributed by atoms with van der Waals surface area (Å²) < 4.78 is 12.0. The molecule has 0 spiro atoms. The summed E-state index contributed by atoms with van der Waals surface area (Å²) in [7, 11) is 0. The SMILES string of the molecule is Cc1cc(C)cc(OCCOc2cccc(/C=C3/SC(=S)NC3=O)c2)c1. The minimum absolute atomic E-state index is 0.159. The van der Waals surface area contributed by atoms with Crippen LogP contribution in [-0.4, -0.2) is 23.4 Å². The van der Waals surface area contributed by atoms with Crippen LogP contribution in [0.15, 0.2) is 47.4 Å². The first kappa shape index (κ1) is 18.5. The van der Waals surface area contributed by atoms with Crippen LogP contribution in [0.1, 0.15) is 16.7 Å². The van der Waals surface area contributed by atoms with Crippen molar-refractivity contribution in [3.8, 4) is 11.5 Å². The van der Waals surface area contributed by atoms with Gasteiger partial charge in [0.25, 0.3) is 5.91 Å². The lowest BCUT2D eigenvalue weighted by Gasteiger charge is -2.10. The van der Waals surface area contributed by atoms with Crippen LogP contribution in [0.3, 0.4) is 0 Å². The van der Waals surface area contributed by atoms with E-state index in [1.54, 1.807) is 6.08 Å². The summed E-state index contributed by atoms with van der Waals surface area (Å²) in [5.41, 5.74) is 3.24. The van der Waals surface area contributed by atoms with E-state index in [-0.39, 0.29) is 5.91 Å². The molecular formula is C20H19NO3S2. The number of hydrogen-bond donors (Lipinski definition) is 1. The van der Waals surface area contributed by atoms with Gasteiger partial charge in [-0.1, -0.05) is 42.2 Å². The molecule has 0 saturated carbocycles. The van der Waals surface area contributed by atoms with Crippen molar-refractivity contribution >= 4 is 40.3 Å². The van der Waals surface area contributed by atoms with Gasteiger partial charge in [-0.3, -0.25) is 4.79 Å². The van der Waals surface area contributed by atoms with Gasteiger partial charge in [0.2, 0.25) is 0 Å². The van der Waals surface area contributed by atoms with Gasteiger partial charge in [0, 0.05) is 0 Å². The van der Waals surface area contributed by atoms with Gasteiger partial charge in [0.05, 0.1) is 4.91 Å². The van der Waals surface area contributed by atoms with Crippen LogP contribution in [0.5, 0.6) is 11.5 Å². The highest BCUT2D eigenvalue weighted by Crippen LogP contribution is 2.26. The Morgan fingerprint density at radius 1 is 1.04 bits per heavy atom. The van der Waals surface area contributed by atoms with Gasteiger partial charge in [0.15, 0.2) is 0 Å². The highest BCUT2D eigenvalue weighted by molar-refractivity contribution is 8.26. The molecule has 1 aliphatic rings. The average molecular weight is 386 g/mol. The van der Waals surface area contributed by atoms with E-state index in [2.05, 4.69) is 11.4 Å². The minimum atomic E-state index is -0.159. The smallest absolute Gasteiger partial charge is 0.263 e. The van der Waals surface area contributed by atoms with Gasteiger partial charge in [-0.15, -0.1) is 0 Å². The summed E-state index contributed by atoms with van der Waals surface area (Å²) >= 11 is 6.26. The Morgan fingerprint density at radius 2 is 1.73 bits per heavy atom. The van der Waals surface area contributed by atoms with Gasteiger partial charge < -0.3 is 14.8 Å². The lowest BCUT2D eigenvalue weighted by Crippen LogP contribution is -2.17. The van der Waals surface area contributed by atoms with E-state index in [4.69, 9.17) is 21.7 Å². The lowest BCUT2D eigenvalue weighted by atomic mass is 10.1. The molecule has 2 aromatic carbocycles. The molecule has 26 heavy (non-hydrogen) atoms. The maximum Gasteiger partial charge on any atom is 0.263 e. The molecule has 3 rings (SSSR count). The summed E-state index contributed by atoms with van der Waals surface area (Å²) in [6, 6.07) is 13.7. The summed E-state index contributed by atoms with van der Waals surface area (Å²) in [5, 5.41) is 2.61. The highest BCUT2D eigenvalue weighted by atomic mass is 32.2. The van der Waals surface area contributed by atoms with E-state index >= 15 is 0 Å². The number of nitrogens with one attached hydrogen (secondary N) is 1. The molecule has 6 heteroatoms. The second kappa shape index (κ2) is 8.38. The standard InChI is InChI=1S/C20H19NO3S2/c1-13-8-14(2)10-17(9-13)24-7-6-23-16-5-3-4-15(11-16)12-18-19(22)21-20(25)26-18/h3-5,8-12H,6-7H2,1-2H3,(H,21,22,25)/b18-12+. The second-order valence-electron chi connectivity index (χ2n) is 5.95. The molecule has 0 atom stereocenters. The van der Waals surface area contributed by atoms with Crippen LogP contribution in [0.4, 0.5) is 0 Å². The quantitative estimate of drug-likeness (QED) is 0.458. The molecule has 1 fully saturated rings. The lowest BCUT2D eigenvalue weighted by molar-refractivity contribution is -0.115. The maximum absolute atomic E-state index is 11.7. The van der Waals surface area contributed by atoms with Gasteiger partial charge in [-0.25, -0.2) is 0 Å². The fourth-order valence-electron chi connectivity index (χ4n) is 2.60. The van der Waals surface area contributed by atoms with Gasteiger partial charge in [0.1, 0.15) is 29.0 Å². The van der Waals surface area contributed by atoms with Crippen molar-refractivity contribution in [3.05, 3.63) is 64.1 Å². The zero-order chi connectivity index (χ0) is 18.5. The molecule has 1 heterocycles. The topological polar surface area (TPSA) is 47.6 Å². The Labute approximate surface area is 162 Å². The fourth-order valence-corrected chi connectivity index (χ4v) is 3.65. The van der Waals surface area contributed by atoms with Crippen molar-refractivity contribution in [2.75, 3.05) is 13.2 Å². The number of rotatable bonds is 6. The third-order valence-electron chi connectivity index (χ3n) is 3.61. The summed E-state index contributed by atoms with van der Waals surface area (Å²) in [6.07, 6.45) is 1.80. The fraction of sp³-hybridized carbons (Fsp3) is 0.200. The van der Waals surface area contributed by atoms with Crippen LogP contribution < -0.4 is 14.8 Å². The minimum Gasteiger partial charge on any atom is -0.490 e. The molecule has 1 aliphatic heterocycles. The number of ether oxygens (including phenoxy) is 2. The van der Waals surface area contributed by atoms with Crippen LogP contribution in [-0.2, 0) is 4.79 Å². The third-order valence-corrected chi connectivity index (χ3v) is 4.78. The Balaban J connectivity index is 1.55. The van der Waals surface area contributed by atoms with E-state index in [1.165, 1.54) is 22.9 Å². The van der Waals surface area contributed by atoms with Gasteiger partial charge in [-0.2, -0.15) is 0 Å². The van der Waals surface area contributed by atoms with Crippen molar-refractivity contribution in [2.45, 2.75) is 13.8 Å². The molecule has 0 radical (unpaired) electrons. The van der Waals surface area contributed by atoms with Crippen LogP contribution in [0.25, 0.3) is 6.08 Å². The number of benzene rings is 2. The van der Waals surface area contributed by atoms with Crippen molar-refractivity contribution in [1.29, 1.82) is 0 Å². The summed E-state index contributed by atoms with van der Waals surface area (Å²) in [5.74, 6) is 1.42. The number of hydrogen-bond acceptors (Lipinski definition) is 5. The molecule has 2 aromatic rings. The Kier molecular flexibility index (Phi) is 5.96. The first-order valence-corrected chi connectivity index (χ1v) is 9.41. The Hall–Kier alpha value is -2.31. The van der Waals surface area contributed by atoms with Crippen molar-refractivity contribution in [2.24, 2.45) is 0 Å². The first-order valence-electron chi connectivity index (χ1n) is 8.18. The van der Waals surface area contributed by atoms with Gasteiger partial charge >= 0.3 is 0 Å². The molecule has 134 valence electrons. The first-order chi connectivity index (χ1) is 12.5. The summed E-state index contributed by atoms with van der Waals surface area (Å²) in [6.45, 7) is 4.99. The van der Waals surface area contributed by atoms with Crippen LogP contribution in [0.2, 0.25) is 0 Å². The van der Waals surface area contributed by atoms with E-state index in [9.17, 15) is 4.79 Å². The Morgan fingerprint density at radius 3 is 2.38 bits per heavy atom. The van der Waals surface area contributed by atoms with Crippen molar-refractivity contribution in [3.63, 3.8) is 0 Å². The summed E-state index contributed by atoms with van der Waals surface area (Å²) in [4.78, 5) is 12.3. The van der Waals surface area contributed by atoms with E-state index < -0.39 is 0 Å². The molecule has 0 bridgehead atoms. The van der Waals surface area contributed by atoms with E-state index in [1.807, 2.05) is 50.2 Å². The largest absolute Gasteiger partial charge is 0.490 e. The predicted octanol–water partition coefficient (Wildman–Crippen LogP) is 4.25. The molecular weight excluding hydrogens is 366 g/mol. The molecule has 0 aromatic heterocycles. The molecule has 1 N–H and O–H groups in total. The monoisotopic (exact) mass is 385 g/mol. The Bertz CT molecular complexity index is 857. The zero-order valence-electron chi connectivity index (χ0n) is 14.6. The maximum atomic E-state index is 11.7. The van der Waals surface area contributed by atoms with Crippen LogP contribution in [0, 0.1) is 13.8 Å². The number of carbonyl (C=O) groups excluding carboxylic acids is 1. The van der Waals surface area contributed by atoms with E-state index in [0.717, 1.165) is 17.1 Å². The number of thioether (sulfide) groups is 1. The number of carbonyl (C=O) groups is 1.